The molecular weight excluding hydrogens is 213 g/mol. The third kappa shape index (κ3) is 2.23. The molecule has 0 fully saturated rings. The van der Waals surface area contributed by atoms with Gasteiger partial charge in [-0.25, -0.2) is 9.18 Å². The van der Waals surface area contributed by atoms with E-state index in [2.05, 4.69) is 4.74 Å². The molecule has 0 aliphatic carbocycles. The number of nitrogens with zero attached hydrogens (tertiary/aromatic N) is 1. The van der Waals surface area contributed by atoms with Gasteiger partial charge in [0.2, 0.25) is 0 Å². The van der Waals surface area contributed by atoms with Crippen LogP contribution in [0.5, 0.6) is 0 Å². The topological polar surface area (TPSA) is 67.2 Å². The lowest BCUT2D eigenvalue weighted by Crippen LogP contribution is -2.10. The summed E-state index contributed by atoms with van der Waals surface area (Å²) in [5, 5.41) is 8.68. The zero-order valence-corrected chi connectivity index (χ0v) is 8.49. The van der Waals surface area contributed by atoms with Crippen LogP contribution < -0.4 is 0 Å². The molecule has 0 atom stereocenters. The standard InChI is InChI=1S/C11H8FNO3/c1-2-16-11(15)9-4-8(12)3-7(5-13)10(9)6-14/h3-4,6H,2H2,1H3. The summed E-state index contributed by atoms with van der Waals surface area (Å²) >= 11 is 0. The second kappa shape index (κ2) is 5.03. The van der Waals surface area contributed by atoms with E-state index in [-0.39, 0.29) is 23.3 Å². The van der Waals surface area contributed by atoms with Gasteiger partial charge in [0.25, 0.3) is 0 Å². The highest BCUT2D eigenvalue weighted by atomic mass is 19.1. The number of benzene rings is 1. The van der Waals surface area contributed by atoms with E-state index < -0.39 is 11.8 Å². The second-order valence-electron chi connectivity index (χ2n) is 2.86. The van der Waals surface area contributed by atoms with E-state index in [1.54, 1.807) is 13.0 Å². The van der Waals surface area contributed by atoms with Gasteiger partial charge in [0.05, 0.1) is 17.7 Å². The van der Waals surface area contributed by atoms with E-state index in [1.807, 2.05) is 0 Å². The Morgan fingerprint density at radius 1 is 1.62 bits per heavy atom. The minimum absolute atomic E-state index is 0.107. The summed E-state index contributed by atoms with van der Waals surface area (Å²) in [4.78, 5) is 22.1. The molecule has 1 aromatic rings. The van der Waals surface area contributed by atoms with Crippen molar-refractivity contribution in [3.8, 4) is 6.07 Å². The summed E-state index contributed by atoms with van der Waals surface area (Å²) < 4.78 is 17.7. The quantitative estimate of drug-likeness (QED) is 0.575. The van der Waals surface area contributed by atoms with Crippen LogP contribution in [0.3, 0.4) is 0 Å². The van der Waals surface area contributed by atoms with Gasteiger partial charge in [-0.05, 0) is 19.1 Å². The molecule has 1 aromatic carbocycles. The molecule has 0 spiro atoms. The van der Waals surface area contributed by atoms with E-state index >= 15 is 0 Å². The van der Waals surface area contributed by atoms with Crippen LogP contribution in [-0.4, -0.2) is 18.9 Å². The number of carbonyl (C=O) groups excluding carboxylic acids is 2. The van der Waals surface area contributed by atoms with E-state index in [4.69, 9.17) is 5.26 Å². The molecule has 0 aromatic heterocycles. The normalized spacial score (nSPS) is 9.31. The van der Waals surface area contributed by atoms with E-state index in [1.165, 1.54) is 0 Å². The molecule has 0 aliphatic heterocycles. The van der Waals surface area contributed by atoms with Crippen LogP contribution in [0.15, 0.2) is 12.1 Å². The molecule has 0 saturated heterocycles. The molecule has 0 bridgehead atoms. The second-order valence-corrected chi connectivity index (χ2v) is 2.86. The van der Waals surface area contributed by atoms with E-state index in [0.29, 0.717) is 6.29 Å². The summed E-state index contributed by atoms with van der Waals surface area (Å²) in [5.41, 5.74) is -0.561. The number of ether oxygens (including phenoxy) is 1. The first-order valence-electron chi connectivity index (χ1n) is 4.50. The predicted octanol–water partition coefficient (Wildman–Crippen LogP) is 1.69. The number of nitriles is 1. The van der Waals surface area contributed by atoms with Crippen molar-refractivity contribution in [2.45, 2.75) is 6.92 Å². The fourth-order valence-corrected chi connectivity index (χ4v) is 1.22. The zero-order valence-electron chi connectivity index (χ0n) is 8.49. The first-order chi connectivity index (χ1) is 7.63. The monoisotopic (exact) mass is 221 g/mol. The molecule has 0 saturated carbocycles. The number of carbonyl (C=O) groups is 2. The molecule has 16 heavy (non-hydrogen) atoms. The maximum Gasteiger partial charge on any atom is 0.338 e. The highest BCUT2D eigenvalue weighted by molar-refractivity contribution is 5.99. The fourth-order valence-electron chi connectivity index (χ4n) is 1.22. The molecule has 0 unspecified atom stereocenters. The van der Waals surface area contributed by atoms with Gasteiger partial charge in [0.15, 0.2) is 6.29 Å². The maximum absolute atomic E-state index is 13.1. The van der Waals surface area contributed by atoms with E-state index in [9.17, 15) is 14.0 Å². The third-order valence-corrected chi connectivity index (χ3v) is 1.88. The minimum Gasteiger partial charge on any atom is -0.462 e. The van der Waals surface area contributed by atoms with Crippen LogP contribution >= 0.6 is 0 Å². The lowest BCUT2D eigenvalue weighted by Gasteiger charge is -2.05. The largest absolute Gasteiger partial charge is 0.462 e. The number of hydrogen-bond acceptors (Lipinski definition) is 4. The first-order valence-corrected chi connectivity index (χ1v) is 4.50. The zero-order chi connectivity index (χ0) is 12.1. The molecule has 0 heterocycles. The molecule has 82 valence electrons. The highest BCUT2D eigenvalue weighted by Gasteiger charge is 2.17. The van der Waals surface area contributed by atoms with Crippen molar-refractivity contribution in [3.05, 3.63) is 34.6 Å². The van der Waals surface area contributed by atoms with Gasteiger partial charge in [-0.15, -0.1) is 0 Å². The van der Waals surface area contributed by atoms with Gasteiger partial charge >= 0.3 is 5.97 Å². The SMILES string of the molecule is CCOC(=O)c1cc(F)cc(C#N)c1C=O. The van der Waals surface area contributed by atoms with Gasteiger partial charge in [-0.2, -0.15) is 5.26 Å². The smallest absolute Gasteiger partial charge is 0.338 e. The highest BCUT2D eigenvalue weighted by Crippen LogP contribution is 2.16. The Morgan fingerprint density at radius 3 is 2.81 bits per heavy atom. The van der Waals surface area contributed by atoms with Crippen molar-refractivity contribution in [1.29, 1.82) is 5.26 Å². The first kappa shape index (κ1) is 11.9. The lowest BCUT2D eigenvalue weighted by atomic mass is 10.0. The maximum atomic E-state index is 13.1. The summed E-state index contributed by atoms with van der Waals surface area (Å²) in [6.45, 7) is 1.69. The van der Waals surface area contributed by atoms with Gasteiger partial charge in [-0.1, -0.05) is 0 Å². The Labute approximate surface area is 91.3 Å². The van der Waals surface area contributed by atoms with Gasteiger partial charge in [-0.3, -0.25) is 4.79 Å². The molecule has 5 heteroatoms. The molecule has 0 amide bonds. The fraction of sp³-hybridized carbons (Fsp3) is 0.182. The number of esters is 1. The molecule has 0 N–H and O–H groups in total. The van der Waals surface area contributed by atoms with Crippen LogP contribution in [0, 0.1) is 17.1 Å². The molecule has 4 nitrogen and oxygen atoms in total. The molecule has 1 rings (SSSR count). The van der Waals surface area contributed by atoms with Crippen LogP contribution in [0.1, 0.15) is 33.2 Å². The average molecular weight is 221 g/mol. The Hall–Kier alpha value is -2.22. The van der Waals surface area contributed by atoms with Crippen molar-refractivity contribution in [2.75, 3.05) is 6.61 Å². The van der Waals surface area contributed by atoms with Gasteiger partial charge < -0.3 is 4.74 Å². The number of rotatable bonds is 3. The van der Waals surface area contributed by atoms with Crippen molar-refractivity contribution in [1.82, 2.24) is 0 Å². The molecular formula is C11H8FNO3. The Bertz CT molecular complexity index is 477. The van der Waals surface area contributed by atoms with Gasteiger partial charge in [0, 0.05) is 5.56 Å². The van der Waals surface area contributed by atoms with Crippen LogP contribution in [-0.2, 0) is 4.74 Å². The molecule has 0 radical (unpaired) electrons. The Morgan fingerprint density at radius 2 is 2.31 bits per heavy atom. The van der Waals surface area contributed by atoms with E-state index in [0.717, 1.165) is 12.1 Å². The minimum atomic E-state index is -0.819. The average Bonchev–Trinajstić information content (AvgIpc) is 2.28. The van der Waals surface area contributed by atoms with Crippen LogP contribution in [0.25, 0.3) is 0 Å². The number of halogens is 1. The summed E-state index contributed by atoms with van der Waals surface area (Å²) in [6, 6.07) is 3.42. The van der Waals surface area contributed by atoms with Crippen molar-refractivity contribution >= 4 is 12.3 Å². The lowest BCUT2D eigenvalue weighted by molar-refractivity contribution is 0.0523. The van der Waals surface area contributed by atoms with Gasteiger partial charge in [0.1, 0.15) is 11.9 Å². The summed E-state index contributed by atoms with van der Waals surface area (Å²) in [5.74, 6) is -1.58. The third-order valence-electron chi connectivity index (χ3n) is 1.88. The Kier molecular flexibility index (Phi) is 3.72. The van der Waals surface area contributed by atoms with Crippen molar-refractivity contribution < 1.29 is 18.7 Å². The van der Waals surface area contributed by atoms with Crippen molar-refractivity contribution in [2.24, 2.45) is 0 Å². The van der Waals surface area contributed by atoms with Crippen LogP contribution in [0.4, 0.5) is 4.39 Å². The Balaban J connectivity index is 3.37. The number of hydrogen-bond donors (Lipinski definition) is 0. The summed E-state index contributed by atoms with van der Waals surface area (Å²) in [6.07, 6.45) is 0.338. The molecule has 0 aliphatic rings. The van der Waals surface area contributed by atoms with Crippen molar-refractivity contribution in [3.63, 3.8) is 0 Å². The predicted molar refractivity (Wildman–Crippen MR) is 52.5 cm³/mol. The number of aldehydes is 1. The summed E-state index contributed by atoms with van der Waals surface area (Å²) in [7, 11) is 0. The van der Waals surface area contributed by atoms with Crippen LogP contribution in [0.2, 0.25) is 0 Å².